The Kier molecular flexibility index (Phi) is 5.35. The molecule has 1 heterocycles. The first-order chi connectivity index (χ1) is 9.62. The molecule has 0 saturated heterocycles. The normalized spacial score (nSPS) is 22.1. The summed E-state index contributed by atoms with van der Waals surface area (Å²) in [6, 6.07) is 0.313. The molecule has 20 heavy (non-hydrogen) atoms. The molecule has 112 valence electrons. The van der Waals surface area contributed by atoms with Gasteiger partial charge in [-0.25, -0.2) is 0 Å². The van der Waals surface area contributed by atoms with Gasteiger partial charge in [0.2, 0.25) is 0 Å². The second kappa shape index (κ2) is 6.83. The zero-order valence-electron chi connectivity index (χ0n) is 12.2. The number of thioether (sulfide) groups is 1. The van der Waals surface area contributed by atoms with Crippen LogP contribution in [0.4, 0.5) is 10.7 Å². The van der Waals surface area contributed by atoms with Crippen LogP contribution in [0.3, 0.4) is 0 Å². The lowest BCUT2D eigenvalue weighted by Gasteiger charge is -2.20. The number of thiophene rings is 1. The Labute approximate surface area is 128 Å². The number of ether oxygens (including phenoxy) is 1. The van der Waals surface area contributed by atoms with Crippen LogP contribution >= 0.6 is 23.1 Å². The van der Waals surface area contributed by atoms with Gasteiger partial charge in [-0.2, -0.15) is 0 Å². The summed E-state index contributed by atoms with van der Waals surface area (Å²) < 4.78 is 5.51. The van der Waals surface area contributed by atoms with Crippen molar-refractivity contribution in [1.29, 1.82) is 0 Å². The molecule has 3 N–H and O–H groups in total. The van der Waals surface area contributed by atoms with Gasteiger partial charge in [-0.1, -0.05) is 6.92 Å². The van der Waals surface area contributed by atoms with E-state index in [1.165, 1.54) is 17.8 Å². The highest BCUT2D eigenvalue weighted by Gasteiger charge is 2.29. The first kappa shape index (κ1) is 15.7. The summed E-state index contributed by atoms with van der Waals surface area (Å²) in [6.07, 6.45) is 6.09. The highest BCUT2D eigenvalue weighted by atomic mass is 32.2. The molecule has 1 aliphatic carbocycles. The van der Waals surface area contributed by atoms with Crippen molar-refractivity contribution >= 4 is 39.6 Å². The highest BCUT2D eigenvalue weighted by Crippen LogP contribution is 2.43. The van der Waals surface area contributed by atoms with Crippen molar-refractivity contribution in [1.82, 2.24) is 0 Å². The number of Topliss-reactive ketones (excluding diaryl/α,β-unsaturated/α-hetero) is 1. The SMILES string of the molecule is CCC(=O)c1sc(NC2CCCC2OC)c(SC)c1N. The number of nitrogens with one attached hydrogen (secondary N) is 1. The number of rotatable bonds is 6. The van der Waals surface area contributed by atoms with E-state index in [-0.39, 0.29) is 11.9 Å². The van der Waals surface area contributed by atoms with E-state index in [0.29, 0.717) is 23.0 Å². The Morgan fingerprint density at radius 3 is 2.90 bits per heavy atom. The second-order valence-electron chi connectivity index (χ2n) is 4.94. The van der Waals surface area contributed by atoms with Crippen molar-refractivity contribution < 1.29 is 9.53 Å². The van der Waals surface area contributed by atoms with Crippen molar-refractivity contribution in [3.63, 3.8) is 0 Å². The molecule has 0 amide bonds. The summed E-state index contributed by atoms with van der Waals surface area (Å²) in [5, 5.41) is 4.56. The predicted octanol–water partition coefficient (Wildman–Crippen LogP) is 3.62. The van der Waals surface area contributed by atoms with Gasteiger partial charge in [0.1, 0.15) is 5.00 Å². The van der Waals surface area contributed by atoms with Gasteiger partial charge in [-0.15, -0.1) is 23.1 Å². The quantitative estimate of drug-likeness (QED) is 0.620. The monoisotopic (exact) mass is 314 g/mol. The topological polar surface area (TPSA) is 64.3 Å². The lowest BCUT2D eigenvalue weighted by Crippen LogP contribution is -2.29. The fraction of sp³-hybridized carbons (Fsp3) is 0.643. The third-order valence-electron chi connectivity index (χ3n) is 3.75. The fourth-order valence-corrected chi connectivity index (χ4v) is 4.73. The van der Waals surface area contributed by atoms with Crippen molar-refractivity contribution in [2.24, 2.45) is 0 Å². The first-order valence-electron chi connectivity index (χ1n) is 6.91. The van der Waals surface area contributed by atoms with Gasteiger partial charge in [0.05, 0.1) is 27.6 Å². The van der Waals surface area contributed by atoms with Gasteiger partial charge in [-0.05, 0) is 25.5 Å². The maximum absolute atomic E-state index is 11.9. The molecular weight excluding hydrogens is 292 g/mol. The molecule has 1 aromatic rings. The van der Waals surface area contributed by atoms with Crippen molar-refractivity contribution in [3.05, 3.63) is 4.88 Å². The lowest BCUT2D eigenvalue weighted by molar-refractivity contribution is 0.0992. The largest absolute Gasteiger partial charge is 0.396 e. The molecule has 0 aliphatic heterocycles. The zero-order chi connectivity index (χ0) is 14.7. The molecule has 2 atom stereocenters. The minimum absolute atomic E-state index is 0.116. The molecule has 1 saturated carbocycles. The Balaban J connectivity index is 2.25. The second-order valence-corrected chi connectivity index (χ2v) is 6.78. The molecular formula is C14H22N2O2S2. The van der Waals surface area contributed by atoms with Crippen molar-refractivity contribution in [2.75, 3.05) is 24.4 Å². The molecule has 6 heteroatoms. The van der Waals surface area contributed by atoms with Crippen molar-refractivity contribution in [2.45, 2.75) is 49.6 Å². The summed E-state index contributed by atoms with van der Waals surface area (Å²) in [6.45, 7) is 1.87. The molecule has 0 aromatic carbocycles. The van der Waals surface area contributed by atoms with Crippen LogP contribution in [0, 0.1) is 0 Å². The van der Waals surface area contributed by atoms with Gasteiger partial charge in [0.25, 0.3) is 0 Å². The number of hydrogen-bond acceptors (Lipinski definition) is 6. The van der Waals surface area contributed by atoms with E-state index in [4.69, 9.17) is 10.5 Å². The molecule has 0 radical (unpaired) electrons. The van der Waals surface area contributed by atoms with Crippen LogP contribution < -0.4 is 11.1 Å². The smallest absolute Gasteiger partial charge is 0.174 e. The van der Waals surface area contributed by atoms with Gasteiger partial charge < -0.3 is 15.8 Å². The Morgan fingerprint density at radius 1 is 1.55 bits per heavy atom. The van der Waals surface area contributed by atoms with Crippen LogP contribution in [0.2, 0.25) is 0 Å². The number of nitrogens with two attached hydrogens (primary N) is 1. The average Bonchev–Trinajstić information content (AvgIpc) is 3.02. The zero-order valence-corrected chi connectivity index (χ0v) is 13.8. The molecule has 1 fully saturated rings. The fourth-order valence-electron chi connectivity index (χ4n) is 2.64. The van der Waals surface area contributed by atoms with E-state index in [1.54, 1.807) is 18.9 Å². The number of nitrogen functional groups attached to an aromatic ring is 1. The van der Waals surface area contributed by atoms with Crippen LogP contribution in [-0.4, -0.2) is 31.3 Å². The maximum Gasteiger partial charge on any atom is 0.174 e. The van der Waals surface area contributed by atoms with Crippen LogP contribution in [0.1, 0.15) is 42.3 Å². The van der Waals surface area contributed by atoms with E-state index in [0.717, 1.165) is 22.7 Å². The number of carbonyl (C=O) groups excluding carboxylic acids is 1. The summed E-state index contributed by atoms with van der Waals surface area (Å²) in [4.78, 5) is 13.6. The van der Waals surface area contributed by atoms with Crippen LogP contribution in [0.15, 0.2) is 4.90 Å². The lowest BCUT2D eigenvalue weighted by atomic mass is 10.2. The van der Waals surface area contributed by atoms with E-state index in [9.17, 15) is 4.79 Å². The van der Waals surface area contributed by atoms with E-state index in [1.807, 2.05) is 13.2 Å². The summed E-state index contributed by atoms with van der Waals surface area (Å²) in [7, 11) is 1.76. The molecule has 0 bridgehead atoms. The van der Waals surface area contributed by atoms with Crippen LogP contribution in [-0.2, 0) is 4.74 Å². The Bertz CT molecular complexity index is 488. The van der Waals surface area contributed by atoms with E-state index in [2.05, 4.69) is 5.32 Å². The Morgan fingerprint density at radius 2 is 2.30 bits per heavy atom. The van der Waals surface area contributed by atoms with Gasteiger partial charge in [0, 0.05) is 13.5 Å². The predicted molar refractivity (Wildman–Crippen MR) is 87.2 cm³/mol. The van der Waals surface area contributed by atoms with Crippen LogP contribution in [0.5, 0.6) is 0 Å². The third kappa shape index (κ3) is 2.97. The third-order valence-corrected chi connectivity index (χ3v) is 5.89. The number of methoxy groups -OCH3 is 1. The molecule has 1 aromatic heterocycles. The molecule has 2 rings (SSSR count). The molecule has 4 nitrogen and oxygen atoms in total. The maximum atomic E-state index is 11.9. The van der Waals surface area contributed by atoms with Crippen molar-refractivity contribution in [3.8, 4) is 0 Å². The summed E-state index contributed by atoms with van der Waals surface area (Å²) in [5.41, 5.74) is 6.76. The van der Waals surface area contributed by atoms with Gasteiger partial charge in [-0.3, -0.25) is 4.79 Å². The highest BCUT2D eigenvalue weighted by molar-refractivity contribution is 7.99. The number of anilines is 2. The molecule has 0 spiro atoms. The minimum Gasteiger partial charge on any atom is -0.396 e. The van der Waals surface area contributed by atoms with E-state index < -0.39 is 0 Å². The minimum atomic E-state index is 0.116. The number of carbonyl (C=O) groups is 1. The summed E-state index contributed by atoms with van der Waals surface area (Å²) >= 11 is 3.07. The summed E-state index contributed by atoms with van der Waals surface area (Å²) in [5.74, 6) is 0.116. The molecule has 2 unspecified atom stereocenters. The van der Waals surface area contributed by atoms with Crippen LogP contribution in [0.25, 0.3) is 0 Å². The van der Waals surface area contributed by atoms with Gasteiger partial charge >= 0.3 is 0 Å². The van der Waals surface area contributed by atoms with Gasteiger partial charge in [0.15, 0.2) is 5.78 Å². The molecule has 1 aliphatic rings. The number of hydrogen-bond donors (Lipinski definition) is 2. The standard InChI is InChI=1S/C14H22N2O2S2/c1-4-9(17)12-11(15)13(19-3)14(20-12)16-8-6-5-7-10(8)18-2/h8,10,16H,4-7,15H2,1-3H3. The number of ketones is 1. The Hall–Kier alpha value is -0.720. The van der Waals surface area contributed by atoms with E-state index >= 15 is 0 Å². The first-order valence-corrected chi connectivity index (χ1v) is 8.95. The average molecular weight is 314 g/mol.